The molecule has 2 aromatic rings. The minimum absolute atomic E-state index is 0.00899. The number of carbonyl (C=O) groups excluding carboxylic acids is 1. The minimum Gasteiger partial charge on any atom is -0.349 e. The van der Waals surface area contributed by atoms with Gasteiger partial charge in [0.15, 0.2) is 6.29 Å². The molecule has 0 spiro atoms. The number of hydrogen-bond acceptors (Lipinski definition) is 6. The maximum absolute atomic E-state index is 13.7. The van der Waals surface area contributed by atoms with Crippen LogP contribution >= 0.6 is 7.75 Å². The summed E-state index contributed by atoms with van der Waals surface area (Å²) in [5.74, 6) is -1.50. The van der Waals surface area contributed by atoms with Gasteiger partial charge in [-0.2, -0.15) is 31.4 Å². The van der Waals surface area contributed by atoms with Crippen molar-refractivity contribution >= 4 is 19.5 Å². The summed E-state index contributed by atoms with van der Waals surface area (Å²) in [6.45, 7) is 2.06. The molecule has 18 heteroatoms. The van der Waals surface area contributed by atoms with Gasteiger partial charge in [0.05, 0.1) is 36.4 Å². The molecule has 42 heavy (non-hydrogen) atoms. The summed E-state index contributed by atoms with van der Waals surface area (Å²) in [7, 11) is -4.85. The van der Waals surface area contributed by atoms with E-state index in [1.165, 1.54) is 19.1 Å². The maximum Gasteiger partial charge on any atom is 0.443 e. The lowest BCUT2D eigenvalue weighted by molar-refractivity contribution is -0.227. The normalized spacial score (nSPS) is 19.8. The molecule has 0 aliphatic carbocycles. The first-order valence-corrected chi connectivity index (χ1v) is 13.7. The highest BCUT2D eigenvalue weighted by Crippen LogP contribution is 2.39. The summed E-state index contributed by atoms with van der Waals surface area (Å²) < 4.78 is 117. The fraction of sp³-hybridized carbons (Fsp3) is 0.417. The van der Waals surface area contributed by atoms with Crippen LogP contribution in [0, 0.1) is 5.82 Å². The van der Waals surface area contributed by atoms with Gasteiger partial charge in [-0.1, -0.05) is 12.1 Å². The number of rotatable bonds is 8. The molecule has 1 aliphatic rings. The highest BCUT2D eigenvalue weighted by atomic mass is 31.2. The topological polar surface area (TPSA) is 133 Å². The molecule has 232 valence electrons. The van der Waals surface area contributed by atoms with Gasteiger partial charge in [0.1, 0.15) is 11.7 Å². The van der Waals surface area contributed by atoms with E-state index in [0.29, 0.717) is 17.7 Å². The Kier molecular flexibility index (Phi) is 10.4. The van der Waals surface area contributed by atoms with Crippen molar-refractivity contribution in [3.63, 3.8) is 0 Å². The molecule has 2 aromatic carbocycles. The first kappa shape index (κ1) is 33.4. The van der Waals surface area contributed by atoms with Crippen LogP contribution in [0.25, 0.3) is 0 Å². The lowest BCUT2D eigenvalue weighted by atomic mass is 10.0. The Morgan fingerprint density at radius 2 is 1.69 bits per heavy atom. The zero-order valence-electron chi connectivity index (χ0n) is 21.9. The van der Waals surface area contributed by atoms with Crippen molar-refractivity contribution in [3.05, 3.63) is 70.5 Å². The van der Waals surface area contributed by atoms with Gasteiger partial charge in [-0.3, -0.25) is 9.69 Å². The van der Waals surface area contributed by atoms with Crippen molar-refractivity contribution in [1.82, 2.24) is 15.4 Å². The average molecular weight is 630 g/mol. The highest BCUT2D eigenvalue weighted by molar-refractivity contribution is 7.49. The van der Waals surface area contributed by atoms with Crippen LogP contribution in [-0.4, -0.2) is 52.4 Å². The number of amidine groups is 1. The quantitative estimate of drug-likeness (QED) is 0.111. The fourth-order valence-electron chi connectivity index (χ4n) is 4.12. The molecule has 0 unspecified atom stereocenters. The van der Waals surface area contributed by atoms with Crippen LogP contribution in [0.15, 0.2) is 47.6 Å². The number of alkyl halides is 6. The number of nitrogens with one attached hydrogen (secondary N) is 2. The average Bonchev–Trinajstić information content (AvgIpc) is 2.86. The second-order valence-electron chi connectivity index (χ2n) is 9.21. The van der Waals surface area contributed by atoms with E-state index in [1.807, 2.05) is 0 Å². The lowest BCUT2D eigenvalue weighted by Crippen LogP contribution is -2.50. The number of carbonyl (C=O) groups is 1. The second kappa shape index (κ2) is 13.1. The van der Waals surface area contributed by atoms with Gasteiger partial charge in [-0.05, 0) is 48.4 Å². The van der Waals surface area contributed by atoms with Gasteiger partial charge in [0, 0.05) is 13.5 Å². The maximum atomic E-state index is 13.7. The monoisotopic (exact) mass is 630 g/mol. The summed E-state index contributed by atoms with van der Waals surface area (Å²) in [5.41, 5.74) is -3.16. The Morgan fingerprint density at radius 1 is 1.12 bits per heavy atom. The molecule has 1 amide bonds. The smallest absolute Gasteiger partial charge is 0.349 e. The van der Waals surface area contributed by atoms with E-state index in [0.717, 1.165) is 19.1 Å². The molecule has 0 aromatic heterocycles. The van der Waals surface area contributed by atoms with Crippen LogP contribution in [0.2, 0.25) is 0 Å². The molecule has 1 aliphatic heterocycles. The molecular formula is C24H26F7N4O6P. The van der Waals surface area contributed by atoms with Crippen LogP contribution in [-0.2, 0) is 31.2 Å². The summed E-state index contributed by atoms with van der Waals surface area (Å²) in [6.07, 6.45) is -12.9. The first-order chi connectivity index (χ1) is 19.3. The number of amides is 1. The summed E-state index contributed by atoms with van der Waals surface area (Å²) >= 11 is 0. The van der Waals surface area contributed by atoms with Gasteiger partial charge in [0.2, 0.25) is 5.91 Å². The van der Waals surface area contributed by atoms with Gasteiger partial charge < -0.3 is 24.6 Å². The number of morpholine rings is 1. The standard InChI is InChI=1S/C24H26F7N4O6P/c1-13(16-9-17(23(26,27)28)11-18(10-16)24(29,30)31)41-22-21(15-3-5-19(25)6-4-15)35(7-8-40-22)12-20(32-14(2)36)33-34-42(37,38)39/h3-6,9-11,13,21-22H,7-8,12H2,1-2H3,(H,32,33,36)(H3,34,37,38,39)/t13-,21+,22-/m1/s1. The number of ether oxygens (including phenoxy) is 2. The van der Waals surface area contributed by atoms with Gasteiger partial charge in [0.25, 0.3) is 0 Å². The fourth-order valence-corrected chi connectivity index (χ4v) is 4.38. The Bertz CT molecular complexity index is 1300. The number of benzene rings is 2. The van der Waals surface area contributed by atoms with Gasteiger partial charge in [-0.15, -0.1) is 0 Å². The van der Waals surface area contributed by atoms with Crippen molar-refractivity contribution < 1.29 is 59.4 Å². The minimum atomic E-state index is -5.08. The zero-order valence-corrected chi connectivity index (χ0v) is 22.8. The molecule has 3 rings (SSSR count). The van der Waals surface area contributed by atoms with Gasteiger partial charge >= 0.3 is 20.1 Å². The van der Waals surface area contributed by atoms with Crippen molar-refractivity contribution in [2.45, 2.75) is 44.6 Å². The summed E-state index contributed by atoms with van der Waals surface area (Å²) in [6, 6.07) is 4.95. The van der Waals surface area contributed by atoms with Crippen molar-refractivity contribution in [2.75, 3.05) is 19.7 Å². The van der Waals surface area contributed by atoms with E-state index in [2.05, 4.69) is 10.4 Å². The van der Waals surface area contributed by atoms with Crippen molar-refractivity contribution in [3.8, 4) is 0 Å². The summed E-state index contributed by atoms with van der Waals surface area (Å²) in [5, 5.41) is 7.45. The Labute approximate surface area is 234 Å². The second-order valence-corrected chi connectivity index (χ2v) is 10.5. The predicted molar refractivity (Wildman–Crippen MR) is 133 cm³/mol. The van der Waals surface area contributed by atoms with E-state index >= 15 is 0 Å². The third-order valence-electron chi connectivity index (χ3n) is 5.93. The highest BCUT2D eigenvalue weighted by Gasteiger charge is 2.39. The third kappa shape index (κ3) is 9.47. The number of hydrazone groups is 1. The van der Waals surface area contributed by atoms with Crippen LogP contribution in [0.1, 0.15) is 48.2 Å². The number of hydrogen-bond donors (Lipinski definition) is 4. The van der Waals surface area contributed by atoms with E-state index in [4.69, 9.17) is 19.3 Å². The predicted octanol–water partition coefficient (Wildman–Crippen LogP) is 4.47. The Morgan fingerprint density at radius 3 is 2.19 bits per heavy atom. The first-order valence-electron chi connectivity index (χ1n) is 12.1. The largest absolute Gasteiger partial charge is 0.443 e. The number of nitrogens with zero attached hydrogens (tertiary/aromatic N) is 2. The molecule has 0 bridgehead atoms. The van der Waals surface area contributed by atoms with Crippen LogP contribution < -0.4 is 10.5 Å². The van der Waals surface area contributed by atoms with Crippen LogP contribution in [0.3, 0.4) is 0 Å². The number of halogens is 7. The molecule has 3 atom stereocenters. The molecule has 1 saturated heterocycles. The van der Waals surface area contributed by atoms with E-state index in [-0.39, 0.29) is 31.6 Å². The van der Waals surface area contributed by atoms with Crippen LogP contribution in [0.4, 0.5) is 30.7 Å². The van der Waals surface area contributed by atoms with E-state index in [1.54, 1.807) is 10.1 Å². The van der Waals surface area contributed by atoms with Crippen molar-refractivity contribution in [1.29, 1.82) is 0 Å². The Balaban J connectivity index is 1.99. The molecule has 10 nitrogen and oxygen atoms in total. The molecule has 1 heterocycles. The SMILES string of the molecule is CC(=O)N/C(CN1CCO[C@H](O[C@H](C)c2cc(C(F)(F)F)cc(C(F)(F)F)c2)[C@@H]1c1ccc(F)cc1)=N\NP(=O)(O)O. The molecular weight excluding hydrogens is 604 g/mol. The molecule has 0 saturated carbocycles. The molecule has 4 N–H and O–H groups in total. The molecule has 1 fully saturated rings. The van der Waals surface area contributed by atoms with E-state index < -0.39 is 66.9 Å². The van der Waals surface area contributed by atoms with Crippen LogP contribution in [0.5, 0.6) is 0 Å². The molecule has 0 radical (unpaired) electrons. The van der Waals surface area contributed by atoms with E-state index in [9.17, 15) is 40.1 Å². The Hall–Kier alpha value is -3.08. The third-order valence-corrected chi connectivity index (χ3v) is 6.29. The zero-order chi connectivity index (χ0) is 31.5. The lowest BCUT2D eigenvalue weighted by Gasteiger charge is -2.42. The summed E-state index contributed by atoms with van der Waals surface area (Å²) in [4.78, 5) is 31.4. The van der Waals surface area contributed by atoms with Crippen molar-refractivity contribution in [2.24, 2.45) is 5.10 Å². The van der Waals surface area contributed by atoms with Gasteiger partial charge in [-0.25, -0.2) is 14.2 Å².